The van der Waals surface area contributed by atoms with E-state index in [1.165, 1.54) is 0 Å². The molecule has 0 saturated heterocycles. The van der Waals surface area contributed by atoms with Gasteiger partial charge in [-0.1, -0.05) is 6.07 Å². The monoisotopic (exact) mass is 270 g/mol. The second-order valence-corrected chi connectivity index (χ2v) is 5.35. The van der Waals surface area contributed by atoms with E-state index in [9.17, 15) is 0 Å². The van der Waals surface area contributed by atoms with Crippen molar-refractivity contribution in [2.24, 2.45) is 5.73 Å². The maximum Gasteiger partial charge on any atom is 0.119 e. The lowest BCUT2D eigenvalue weighted by molar-refractivity contribution is 0.242. The first-order valence-electron chi connectivity index (χ1n) is 6.97. The highest BCUT2D eigenvalue weighted by atomic mass is 16.5. The summed E-state index contributed by atoms with van der Waals surface area (Å²) in [5.74, 6) is 0.882. The van der Waals surface area contributed by atoms with Crippen LogP contribution in [0.3, 0.4) is 0 Å². The predicted molar refractivity (Wildman–Crippen MR) is 82.8 cm³/mol. The number of benzene rings is 1. The normalized spacial score (nSPS) is 12.5. The Hall–Kier alpha value is -1.87. The molecule has 0 fully saturated rings. The highest BCUT2D eigenvalue weighted by Crippen LogP contribution is 2.24. The maximum absolute atomic E-state index is 5.91. The van der Waals surface area contributed by atoms with Crippen molar-refractivity contribution in [1.82, 2.24) is 4.98 Å². The Morgan fingerprint density at radius 3 is 2.15 bits per heavy atom. The minimum Gasteiger partial charge on any atom is -0.491 e. The number of ether oxygens (including phenoxy) is 1. The SMILES string of the molecule is Cc1nc(-c2ccc(OC(C)C)cc2)ccc1C(C)N. The third-order valence-electron chi connectivity index (χ3n) is 3.14. The van der Waals surface area contributed by atoms with Crippen LogP contribution >= 0.6 is 0 Å². The van der Waals surface area contributed by atoms with Crippen LogP contribution in [0.2, 0.25) is 0 Å². The molecule has 1 atom stereocenters. The Labute approximate surface area is 120 Å². The van der Waals surface area contributed by atoms with E-state index in [0.717, 1.165) is 28.3 Å². The standard InChI is InChI=1S/C17H22N2O/c1-11(2)20-15-7-5-14(6-8-15)17-10-9-16(12(3)18)13(4)19-17/h5-12H,18H2,1-4H3. The highest BCUT2D eigenvalue weighted by molar-refractivity contribution is 5.60. The molecular weight excluding hydrogens is 248 g/mol. The second-order valence-electron chi connectivity index (χ2n) is 5.35. The summed E-state index contributed by atoms with van der Waals surface area (Å²) in [5.41, 5.74) is 10.0. The fraction of sp³-hybridized carbons (Fsp3) is 0.353. The largest absolute Gasteiger partial charge is 0.491 e. The summed E-state index contributed by atoms with van der Waals surface area (Å²) in [6.45, 7) is 8.01. The Morgan fingerprint density at radius 2 is 1.65 bits per heavy atom. The molecule has 106 valence electrons. The van der Waals surface area contributed by atoms with E-state index < -0.39 is 0 Å². The molecule has 1 unspecified atom stereocenters. The molecule has 0 spiro atoms. The van der Waals surface area contributed by atoms with Crippen molar-refractivity contribution in [3.05, 3.63) is 47.7 Å². The summed E-state index contributed by atoms with van der Waals surface area (Å²) in [6.07, 6.45) is 0.187. The Bertz CT molecular complexity index is 574. The number of hydrogen-bond acceptors (Lipinski definition) is 3. The van der Waals surface area contributed by atoms with Gasteiger partial charge in [-0.15, -0.1) is 0 Å². The molecule has 1 heterocycles. The molecule has 1 aromatic heterocycles. The van der Waals surface area contributed by atoms with Gasteiger partial charge in [0, 0.05) is 17.3 Å². The van der Waals surface area contributed by atoms with Gasteiger partial charge in [0.25, 0.3) is 0 Å². The van der Waals surface area contributed by atoms with Crippen molar-refractivity contribution < 1.29 is 4.74 Å². The van der Waals surface area contributed by atoms with Crippen molar-refractivity contribution in [3.63, 3.8) is 0 Å². The van der Waals surface area contributed by atoms with E-state index in [1.54, 1.807) is 0 Å². The van der Waals surface area contributed by atoms with Crippen LogP contribution in [0.4, 0.5) is 0 Å². The topological polar surface area (TPSA) is 48.1 Å². The lowest BCUT2D eigenvalue weighted by Gasteiger charge is -2.12. The molecule has 3 heteroatoms. The average molecular weight is 270 g/mol. The number of aromatic nitrogens is 1. The summed E-state index contributed by atoms with van der Waals surface area (Å²) in [4.78, 5) is 4.63. The molecule has 0 bridgehead atoms. The molecule has 0 aliphatic rings. The fourth-order valence-corrected chi connectivity index (χ4v) is 2.19. The van der Waals surface area contributed by atoms with Gasteiger partial charge in [0.05, 0.1) is 11.8 Å². The first kappa shape index (κ1) is 14.5. The van der Waals surface area contributed by atoms with Gasteiger partial charge in [-0.25, -0.2) is 0 Å². The lowest BCUT2D eigenvalue weighted by Crippen LogP contribution is -2.08. The Kier molecular flexibility index (Phi) is 4.40. The summed E-state index contributed by atoms with van der Waals surface area (Å²) < 4.78 is 5.64. The molecular formula is C17H22N2O. The zero-order chi connectivity index (χ0) is 14.7. The van der Waals surface area contributed by atoms with Crippen LogP contribution in [-0.2, 0) is 0 Å². The number of pyridine rings is 1. The van der Waals surface area contributed by atoms with Crippen LogP contribution in [0.1, 0.15) is 38.1 Å². The second kappa shape index (κ2) is 6.06. The molecule has 20 heavy (non-hydrogen) atoms. The molecule has 2 aromatic rings. The Balaban J connectivity index is 2.25. The molecule has 0 aliphatic carbocycles. The minimum absolute atomic E-state index is 0.0124. The van der Waals surface area contributed by atoms with Gasteiger partial charge in [-0.05, 0) is 63.6 Å². The van der Waals surface area contributed by atoms with Crippen LogP contribution in [0.15, 0.2) is 36.4 Å². The molecule has 2 N–H and O–H groups in total. The molecule has 3 nitrogen and oxygen atoms in total. The smallest absolute Gasteiger partial charge is 0.119 e. The average Bonchev–Trinajstić information content (AvgIpc) is 2.38. The molecule has 0 radical (unpaired) electrons. The van der Waals surface area contributed by atoms with Gasteiger partial charge in [0.1, 0.15) is 5.75 Å². The van der Waals surface area contributed by atoms with E-state index in [0.29, 0.717) is 0 Å². The van der Waals surface area contributed by atoms with Crippen LogP contribution < -0.4 is 10.5 Å². The van der Waals surface area contributed by atoms with Crippen LogP contribution in [-0.4, -0.2) is 11.1 Å². The summed E-state index contributed by atoms with van der Waals surface area (Å²) >= 11 is 0. The molecule has 0 amide bonds. The third kappa shape index (κ3) is 3.36. The van der Waals surface area contributed by atoms with Crippen LogP contribution in [0.5, 0.6) is 5.75 Å². The fourth-order valence-electron chi connectivity index (χ4n) is 2.19. The van der Waals surface area contributed by atoms with E-state index in [2.05, 4.69) is 11.1 Å². The lowest BCUT2D eigenvalue weighted by atomic mass is 10.0. The molecule has 1 aromatic carbocycles. The van der Waals surface area contributed by atoms with Gasteiger partial charge < -0.3 is 10.5 Å². The van der Waals surface area contributed by atoms with Crippen molar-refractivity contribution in [2.45, 2.75) is 39.8 Å². The number of aryl methyl sites for hydroxylation is 1. The van der Waals surface area contributed by atoms with E-state index >= 15 is 0 Å². The summed E-state index contributed by atoms with van der Waals surface area (Å²) in [6, 6.07) is 12.1. The van der Waals surface area contributed by atoms with Gasteiger partial charge in [-0.2, -0.15) is 0 Å². The van der Waals surface area contributed by atoms with Crippen molar-refractivity contribution in [2.75, 3.05) is 0 Å². The van der Waals surface area contributed by atoms with Crippen molar-refractivity contribution in [3.8, 4) is 17.0 Å². The number of nitrogens with two attached hydrogens (primary N) is 1. The zero-order valence-electron chi connectivity index (χ0n) is 12.6. The van der Waals surface area contributed by atoms with E-state index in [4.69, 9.17) is 10.5 Å². The number of hydrogen-bond donors (Lipinski definition) is 1. The van der Waals surface area contributed by atoms with Gasteiger partial charge >= 0.3 is 0 Å². The van der Waals surface area contributed by atoms with Gasteiger partial charge in [-0.3, -0.25) is 4.98 Å². The first-order chi connectivity index (χ1) is 9.47. The van der Waals surface area contributed by atoms with E-state index in [1.807, 2.05) is 58.0 Å². The number of nitrogens with zero attached hydrogens (tertiary/aromatic N) is 1. The van der Waals surface area contributed by atoms with Crippen LogP contribution in [0.25, 0.3) is 11.3 Å². The third-order valence-corrected chi connectivity index (χ3v) is 3.14. The van der Waals surface area contributed by atoms with Crippen molar-refractivity contribution >= 4 is 0 Å². The highest BCUT2D eigenvalue weighted by Gasteiger charge is 2.07. The molecule has 0 aliphatic heterocycles. The first-order valence-corrected chi connectivity index (χ1v) is 6.97. The van der Waals surface area contributed by atoms with Crippen molar-refractivity contribution in [1.29, 1.82) is 0 Å². The molecule has 2 rings (SSSR count). The Morgan fingerprint density at radius 1 is 1.00 bits per heavy atom. The quantitative estimate of drug-likeness (QED) is 0.917. The summed E-state index contributed by atoms with van der Waals surface area (Å²) in [7, 11) is 0. The molecule has 0 saturated carbocycles. The zero-order valence-corrected chi connectivity index (χ0v) is 12.6. The van der Waals surface area contributed by atoms with E-state index in [-0.39, 0.29) is 12.1 Å². The van der Waals surface area contributed by atoms with Crippen LogP contribution in [0, 0.1) is 6.92 Å². The maximum atomic E-state index is 5.91. The number of rotatable bonds is 4. The summed E-state index contributed by atoms with van der Waals surface area (Å²) in [5, 5.41) is 0. The minimum atomic E-state index is 0.0124. The van der Waals surface area contributed by atoms with Gasteiger partial charge in [0.2, 0.25) is 0 Å². The predicted octanol–water partition coefficient (Wildman–Crippen LogP) is 3.86. The van der Waals surface area contributed by atoms with Gasteiger partial charge in [0.15, 0.2) is 0 Å².